The monoisotopic (exact) mass is 248 g/mol. The van der Waals surface area contributed by atoms with E-state index in [2.05, 4.69) is 10.6 Å². The summed E-state index contributed by atoms with van der Waals surface area (Å²) in [6.07, 6.45) is 0.379. The normalized spacial score (nSPS) is 16.7. The molecule has 2 rings (SSSR count). The molecule has 18 heavy (non-hydrogen) atoms. The Hall–Kier alpha value is -1.88. The number of aliphatic carboxylic acids is 1. The lowest BCUT2D eigenvalue weighted by Gasteiger charge is -2.27. The zero-order valence-electron chi connectivity index (χ0n) is 9.93. The number of carbonyl (C=O) groups is 2. The molecule has 5 nitrogen and oxygen atoms in total. The van der Waals surface area contributed by atoms with Crippen LogP contribution in [0.25, 0.3) is 0 Å². The van der Waals surface area contributed by atoms with E-state index in [0.29, 0.717) is 17.9 Å². The first-order chi connectivity index (χ1) is 8.66. The van der Waals surface area contributed by atoms with Crippen molar-refractivity contribution in [1.82, 2.24) is 10.6 Å². The van der Waals surface area contributed by atoms with E-state index in [9.17, 15) is 9.59 Å². The van der Waals surface area contributed by atoms with Crippen molar-refractivity contribution in [2.45, 2.75) is 12.5 Å². The third-order valence-electron chi connectivity index (χ3n) is 3.03. The highest BCUT2D eigenvalue weighted by atomic mass is 16.4. The molecule has 1 aliphatic heterocycles. The number of nitrogens with one attached hydrogen (secondary N) is 2. The lowest BCUT2D eigenvalue weighted by atomic mass is 9.98. The van der Waals surface area contributed by atoms with E-state index >= 15 is 0 Å². The van der Waals surface area contributed by atoms with E-state index in [1.54, 1.807) is 24.3 Å². The van der Waals surface area contributed by atoms with Gasteiger partial charge < -0.3 is 15.7 Å². The summed E-state index contributed by atoms with van der Waals surface area (Å²) in [5.41, 5.74) is 0.588. The van der Waals surface area contributed by atoms with Gasteiger partial charge in [-0.15, -0.1) is 0 Å². The fraction of sp³-hybridized carbons (Fsp3) is 0.385. The second-order valence-electron chi connectivity index (χ2n) is 4.48. The number of carboxylic acids is 1. The van der Waals surface area contributed by atoms with Gasteiger partial charge in [-0.25, -0.2) is 4.79 Å². The molecule has 1 aromatic rings. The molecule has 0 spiro atoms. The van der Waals surface area contributed by atoms with Gasteiger partial charge in [0.1, 0.15) is 0 Å². The lowest BCUT2D eigenvalue weighted by molar-refractivity contribution is -0.142. The van der Waals surface area contributed by atoms with Crippen LogP contribution < -0.4 is 10.6 Å². The first-order valence-electron chi connectivity index (χ1n) is 5.94. The minimum atomic E-state index is -1.04. The summed E-state index contributed by atoms with van der Waals surface area (Å²) in [6, 6.07) is 7.76. The van der Waals surface area contributed by atoms with Crippen molar-refractivity contribution in [3.05, 3.63) is 35.9 Å². The van der Waals surface area contributed by atoms with Gasteiger partial charge in [0.2, 0.25) is 5.91 Å². The number of carboxylic acid groups (broad SMARTS) is 1. The van der Waals surface area contributed by atoms with E-state index in [0.717, 1.165) is 13.1 Å². The van der Waals surface area contributed by atoms with Crippen LogP contribution in [-0.4, -0.2) is 30.1 Å². The quantitative estimate of drug-likeness (QED) is 0.710. The average molecular weight is 248 g/mol. The van der Waals surface area contributed by atoms with Crippen molar-refractivity contribution in [2.75, 3.05) is 13.1 Å². The summed E-state index contributed by atoms with van der Waals surface area (Å²) < 4.78 is 0. The van der Waals surface area contributed by atoms with Gasteiger partial charge in [-0.05, 0) is 24.6 Å². The molecule has 3 N–H and O–H groups in total. The zero-order valence-corrected chi connectivity index (χ0v) is 9.93. The van der Waals surface area contributed by atoms with Crippen LogP contribution in [0.4, 0.5) is 0 Å². The predicted molar refractivity (Wildman–Crippen MR) is 65.9 cm³/mol. The van der Waals surface area contributed by atoms with E-state index in [1.807, 2.05) is 6.07 Å². The molecule has 0 aromatic heterocycles. The van der Waals surface area contributed by atoms with Crippen LogP contribution >= 0.6 is 0 Å². The molecule has 1 fully saturated rings. The molecule has 1 amide bonds. The van der Waals surface area contributed by atoms with Gasteiger partial charge in [-0.3, -0.25) is 4.79 Å². The van der Waals surface area contributed by atoms with Gasteiger partial charge in [-0.1, -0.05) is 30.3 Å². The van der Waals surface area contributed by atoms with Crippen LogP contribution in [0.5, 0.6) is 0 Å². The van der Waals surface area contributed by atoms with E-state index in [-0.39, 0.29) is 5.91 Å². The van der Waals surface area contributed by atoms with Gasteiger partial charge in [0.25, 0.3) is 0 Å². The maximum Gasteiger partial charge on any atom is 0.330 e. The topological polar surface area (TPSA) is 78.4 Å². The molecular weight excluding hydrogens is 232 g/mol. The van der Waals surface area contributed by atoms with Crippen LogP contribution in [0.3, 0.4) is 0 Å². The fourth-order valence-corrected chi connectivity index (χ4v) is 1.91. The van der Waals surface area contributed by atoms with Crippen molar-refractivity contribution in [3.8, 4) is 0 Å². The van der Waals surface area contributed by atoms with Gasteiger partial charge in [0.05, 0.1) is 0 Å². The highest BCUT2D eigenvalue weighted by Gasteiger charge is 2.25. The number of hydrogen-bond acceptors (Lipinski definition) is 3. The number of amides is 1. The smallest absolute Gasteiger partial charge is 0.330 e. The fourth-order valence-electron chi connectivity index (χ4n) is 1.91. The first-order valence-corrected chi connectivity index (χ1v) is 5.94. The van der Waals surface area contributed by atoms with Crippen LogP contribution in [0.1, 0.15) is 18.0 Å². The highest BCUT2D eigenvalue weighted by molar-refractivity contribution is 5.84. The van der Waals surface area contributed by atoms with Gasteiger partial charge in [-0.2, -0.15) is 0 Å². The Labute approximate surface area is 105 Å². The first kappa shape index (κ1) is 12.6. The van der Waals surface area contributed by atoms with E-state index in [1.165, 1.54) is 0 Å². The van der Waals surface area contributed by atoms with Crippen LogP contribution in [0, 0.1) is 5.92 Å². The molecule has 1 atom stereocenters. The minimum absolute atomic E-state index is 0.210. The molecule has 96 valence electrons. The number of carbonyl (C=O) groups excluding carboxylic acids is 1. The number of hydrogen-bond donors (Lipinski definition) is 3. The summed E-state index contributed by atoms with van der Waals surface area (Å²) in [6.45, 7) is 1.66. The van der Waals surface area contributed by atoms with Gasteiger partial charge in [0, 0.05) is 6.42 Å². The Balaban J connectivity index is 1.98. The van der Waals surface area contributed by atoms with Crippen LogP contribution in [0.2, 0.25) is 0 Å². The Bertz CT molecular complexity index is 429. The summed E-state index contributed by atoms with van der Waals surface area (Å²) in [4.78, 5) is 22.9. The maximum atomic E-state index is 11.7. The number of benzene rings is 1. The maximum absolute atomic E-state index is 11.7. The molecule has 0 aliphatic carbocycles. The van der Waals surface area contributed by atoms with Gasteiger partial charge >= 0.3 is 5.97 Å². The van der Waals surface area contributed by atoms with Gasteiger partial charge in [0.15, 0.2) is 6.04 Å². The third-order valence-corrected chi connectivity index (χ3v) is 3.03. The Morgan fingerprint density at radius 3 is 2.50 bits per heavy atom. The molecular formula is C13H16N2O3. The van der Waals surface area contributed by atoms with Crippen molar-refractivity contribution in [3.63, 3.8) is 0 Å². The molecule has 1 heterocycles. The summed E-state index contributed by atoms with van der Waals surface area (Å²) >= 11 is 0. The Morgan fingerprint density at radius 2 is 2.00 bits per heavy atom. The van der Waals surface area contributed by atoms with Crippen molar-refractivity contribution < 1.29 is 14.7 Å². The highest BCUT2D eigenvalue weighted by Crippen LogP contribution is 2.14. The van der Waals surface area contributed by atoms with Crippen LogP contribution in [0.15, 0.2) is 30.3 Å². The Morgan fingerprint density at radius 1 is 1.33 bits per heavy atom. The standard InChI is InChI=1S/C13H16N2O3/c16-11(6-9-7-14-8-9)15-12(13(17)18)10-4-2-1-3-5-10/h1-5,9,12,14H,6-8H2,(H,15,16)(H,17,18). The molecule has 5 heteroatoms. The summed E-state index contributed by atoms with van der Waals surface area (Å²) in [5, 5.41) is 14.8. The van der Waals surface area contributed by atoms with E-state index in [4.69, 9.17) is 5.11 Å². The molecule has 1 saturated heterocycles. The predicted octanol–water partition coefficient (Wildman–Crippen LogP) is 0.538. The molecule has 0 radical (unpaired) electrons. The average Bonchev–Trinajstić information content (AvgIpc) is 2.31. The minimum Gasteiger partial charge on any atom is -0.479 e. The molecule has 0 saturated carbocycles. The van der Waals surface area contributed by atoms with Crippen LogP contribution in [-0.2, 0) is 9.59 Å². The zero-order chi connectivity index (χ0) is 13.0. The summed E-state index contributed by atoms with van der Waals surface area (Å²) in [5.74, 6) is -0.922. The molecule has 0 bridgehead atoms. The summed E-state index contributed by atoms with van der Waals surface area (Å²) in [7, 11) is 0. The van der Waals surface area contributed by atoms with Crippen molar-refractivity contribution in [2.24, 2.45) is 5.92 Å². The molecule has 1 unspecified atom stereocenters. The Kier molecular flexibility index (Phi) is 3.94. The van der Waals surface area contributed by atoms with Crippen molar-refractivity contribution >= 4 is 11.9 Å². The second-order valence-corrected chi connectivity index (χ2v) is 4.48. The van der Waals surface area contributed by atoms with Crippen molar-refractivity contribution in [1.29, 1.82) is 0 Å². The molecule has 1 aliphatic rings. The lowest BCUT2D eigenvalue weighted by Crippen LogP contribution is -2.45. The third kappa shape index (κ3) is 3.07. The molecule has 1 aromatic carbocycles. The second kappa shape index (κ2) is 5.64. The largest absolute Gasteiger partial charge is 0.479 e. The number of rotatable bonds is 5. The SMILES string of the molecule is O=C(CC1CNC1)NC(C(=O)O)c1ccccc1. The van der Waals surface area contributed by atoms with E-state index < -0.39 is 12.0 Å².